The molecule has 0 N–H and O–H groups in total. The summed E-state index contributed by atoms with van der Waals surface area (Å²) in [4.78, 5) is 1.26. The average molecular weight is 371 g/mol. The maximum Gasteiger partial charge on any atom is 0.118 e. The molecule has 0 amide bonds. The summed E-state index contributed by atoms with van der Waals surface area (Å²) >= 11 is 1.91. The Morgan fingerprint density at radius 2 is 1.73 bits per heavy atom. The third kappa shape index (κ3) is 6.54. The Bertz CT molecular complexity index is 664. The molecule has 2 atom stereocenters. The van der Waals surface area contributed by atoms with Gasteiger partial charge in [-0.25, -0.2) is 0 Å². The predicted octanol–water partition coefficient (Wildman–Crippen LogP) is 6.02. The standard InChI is InChI=1S/C23H30O2S/c1-18(9-8-12-20-10-6-5-7-11-20)23(19(2)17-24-3)26-22-15-13-21(25-4)14-16-22/h5-7,9-11,13-16,19,23H,8,12,17H2,1-4H3/b18-9-/t19-,23-/m1/s1. The third-order valence-electron chi connectivity index (χ3n) is 4.46. The third-order valence-corrected chi connectivity index (χ3v) is 6.09. The van der Waals surface area contributed by atoms with Gasteiger partial charge in [0.25, 0.3) is 0 Å². The zero-order valence-electron chi connectivity index (χ0n) is 16.3. The molecule has 0 saturated carbocycles. The number of aryl methyl sites for hydroxylation is 1. The Hall–Kier alpha value is -1.71. The van der Waals surface area contributed by atoms with Crippen LogP contribution in [0, 0.1) is 5.92 Å². The van der Waals surface area contributed by atoms with Gasteiger partial charge in [0, 0.05) is 17.3 Å². The van der Waals surface area contributed by atoms with E-state index in [0.29, 0.717) is 11.2 Å². The second-order valence-electron chi connectivity index (χ2n) is 6.62. The molecule has 0 aliphatic carbocycles. The molecule has 0 saturated heterocycles. The lowest BCUT2D eigenvalue weighted by Gasteiger charge is -2.24. The van der Waals surface area contributed by atoms with Crippen molar-refractivity contribution >= 4 is 11.8 Å². The molecule has 0 radical (unpaired) electrons. The van der Waals surface area contributed by atoms with E-state index in [1.165, 1.54) is 16.0 Å². The number of hydrogen-bond acceptors (Lipinski definition) is 3. The molecule has 3 heteroatoms. The molecule has 0 spiro atoms. The van der Waals surface area contributed by atoms with Crippen LogP contribution in [0.5, 0.6) is 5.75 Å². The minimum atomic E-state index is 0.402. The van der Waals surface area contributed by atoms with Crippen LogP contribution in [-0.2, 0) is 11.2 Å². The largest absolute Gasteiger partial charge is 0.497 e. The van der Waals surface area contributed by atoms with Crippen molar-refractivity contribution in [2.45, 2.75) is 36.8 Å². The highest BCUT2D eigenvalue weighted by Gasteiger charge is 2.20. The number of benzene rings is 2. The van der Waals surface area contributed by atoms with Crippen LogP contribution in [0.15, 0.2) is 71.1 Å². The van der Waals surface area contributed by atoms with Crippen LogP contribution in [0.2, 0.25) is 0 Å². The number of ether oxygens (including phenoxy) is 2. The van der Waals surface area contributed by atoms with Gasteiger partial charge in [-0.2, -0.15) is 0 Å². The molecule has 0 aromatic heterocycles. The maximum absolute atomic E-state index is 5.42. The Kier molecular flexibility index (Phi) is 8.79. The van der Waals surface area contributed by atoms with Crippen molar-refractivity contribution < 1.29 is 9.47 Å². The van der Waals surface area contributed by atoms with Crippen LogP contribution in [0.4, 0.5) is 0 Å². The summed E-state index contributed by atoms with van der Waals surface area (Å²) in [7, 11) is 3.48. The first-order valence-electron chi connectivity index (χ1n) is 9.14. The van der Waals surface area contributed by atoms with Gasteiger partial charge in [-0.3, -0.25) is 0 Å². The molecule has 140 valence electrons. The molecular weight excluding hydrogens is 340 g/mol. The average Bonchev–Trinajstić information content (AvgIpc) is 2.67. The summed E-state index contributed by atoms with van der Waals surface area (Å²) in [5.74, 6) is 1.34. The molecule has 0 aliphatic heterocycles. The van der Waals surface area contributed by atoms with E-state index in [2.05, 4.69) is 62.4 Å². The Labute approximate surface area is 162 Å². The molecule has 0 fully saturated rings. The maximum atomic E-state index is 5.42. The van der Waals surface area contributed by atoms with Gasteiger partial charge in [0.2, 0.25) is 0 Å². The minimum absolute atomic E-state index is 0.402. The van der Waals surface area contributed by atoms with Gasteiger partial charge in [-0.15, -0.1) is 11.8 Å². The lowest BCUT2D eigenvalue weighted by Crippen LogP contribution is -2.20. The fourth-order valence-electron chi connectivity index (χ4n) is 3.04. The highest BCUT2D eigenvalue weighted by Crippen LogP contribution is 2.34. The lowest BCUT2D eigenvalue weighted by atomic mass is 10.00. The second-order valence-corrected chi connectivity index (χ2v) is 7.83. The number of thioether (sulfide) groups is 1. The van der Waals surface area contributed by atoms with Crippen LogP contribution in [0.25, 0.3) is 0 Å². The van der Waals surface area contributed by atoms with Gasteiger partial charge in [0.05, 0.1) is 13.7 Å². The summed E-state index contributed by atoms with van der Waals surface area (Å²) in [5, 5.41) is 0.402. The van der Waals surface area contributed by atoms with Gasteiger partial charge in [-0.05, 0) is 55.5 Å². The first-order valence-corrected chi connectivity index (χ1v) is 10.0. The van der Waals surface area contributed by atoms with E-state index in [1.54, 1.807) is 14.2 Å². The van der Waals surface area contributed by atoms with Crippen LogP contribution < -0.4 is 4.74 Å². The molecule has 0 unspecified atom stereocenters. The Morgan fingerprint density at radius 1 is 1.04 bits per heavy atom. The molecule has 26 heavy (non-hydrogen) atoms. The number of methoxy groups -OCH3 is 2. The van der Waals surface area contributed by atoms with Gasteiger partial charge >= 0.3 is 0 Å². The van der Waals surface area contributed by atoms with Crippen LogP contribution in [-0.4, -0.2) is 26.1 Å². The Morgan fingerprint density at radius 3 is 2.35 bits per heavy atom. The first-order chi connectivity index (χ1) is 12.6. The molecular formula is C23H30O2S. The highest BCUT2D eigenvalue weighted by molar-refractivity contribution is 8.00. The minimum Gasteiger partial charge on any atom is -0.497 e. The van der Waals surface area contributed by atoms with Crippen LogP contribution in [0.3, 0.4) is 0 Å². The summed E-state index contributed by atoms with van der Waals surface area (Å²) in [6.45, 7) is 5.27. The van der Waals surface area contributed by atoms with Gasteiger partial charge in [-0.1, -0.05) is 48.9 Å². The topological polar surface area (TPSA) is 18.5 Å². The lowest BCUT2D eigenvalue weighted by molar-refractivity contribution is 0.161. The van der Waals surface area contributed by atoms with E-state index >= 15 is 0 Å². The zero-order valence-corrected chi connectivity index (χ0v) is 17.1. The SMILES string of the molecule is COC[C@@H](C)[C@H](Sc1ccc(OC)cc1)/C(C)=C\CCc1ccccc1. The van der Waals surface area contributed by atoms with Gasteiger partial charge < -0.3 is 9.47 Å². The first kappa shape index (κ1) is 20.6. The van der Waals surface area contributed by atoms with Crippen molar-refractivity contribution in [3.8, 4) is 5.75 Å². The van der Waals surface area contributed by atoms with E-state index < -0.39 is 0 Å². The van der Waals surface area contributed by atoms with Crippen molar-refractivity contribution in [1.29, 1.82) is 0 Å². The number of hydrogen-bond donors (Lipinski definition) is 0. The van der Waals surface area contributed by atoms with Crippen molar-refractivity contribution in [2.24, 2.45) is 5.92 Å². The molecule has 2 aromatic carbocycles. The monoisotopic (exact) mass is 370 g/mol. The van der Waals surface area contributed by atoms with E-state index in [9.17, 15) is 0 Å². The fourth-order valence-corrected chi connectivity index (χ4v) is 4.22. The normalized spacial score (nSPS) is 14.1. The van der Waals surface area contributed by atoms with E-state index in [1.807, 2.05) is 23.9 Å². The van der Waals surface area contributed by atoms with E-state index in [4.69, 9.17) is 9.47 Å². The van der Waals surface area contributed by atoms with Crippen molar-refractivity contribution in [3.05, 3.63) is 71.8 Å². The molecule has 2 nitrogen and oxygen atoms in total. The number of allylic oxidation sites excluding steroid dienone is 1. The molecule has 0 heterocycles. The zero-order chi connectivity index (χ0) is 18.8. The summed E-state index contributed by atoms with van der Waals surface area (Å²) in [5.41, 5.74) is 2.81. The van der Waals surface area contributed by atoms with E-state index in [-0.39, 0.29) is 0 Å². The molecule has 2 aromatic rings. The quantitative estimate of drug-likeness (QED) is 0.376. The van der Waals surface area contributed by atoms with Crippen LogP contribution in [0.1, 0.15) is 25.8 Å². The molecule has 0 bridgehead atoms. The summed E-state index contributed by atoms with van der Waals surface area (Å²) < 4.78 is 10.7. The van der Waals surface area contributed by atoms with Crippen molar-refractivity contribution in [2.75, 3.05) is 20.8 Å². The predicted molar refractivity (Wildman–Crippen MR) is 112 cm³/mol. The summed E-state index contributed by atoms with van der Waals surface area (Å²) in [6, 6.07) is 19.0. The number of rotatable bonds is 10. The van der Waals surface area contributed by atoms with Crippen molar-refractivity contribution in [3.63, 3.8) is 0 Å². The van der Waals surface area contributed by atoms with Gasteiger partial charge in [0.1, 0.15) is 5.75 Å². The van der Waals surface area contributed by atoms with Gasteiger partial charge in [0.15, 0.2) is 0 Å². The molecule has 0 aliphatic rings. The highest BCUT2D eigenvalue weighted by atomic mass is 32.2. The Balaban J connectivity index is 2.05. The fraction of sp³-hybridized carbons (Fsp3) is 0.391. The van der Waals surface area contributed by atoms with Crippen LogP contribution >= 0.6 is 11.8 Å². The second kappa shape index (κ2) is 11.1. The molecule has 2 rings (SSSR count). The summed E-state index contributed by atoms with van der Waals surface area (Å²) in [6.07, 6.45) is 4.53. The van der Waals surface area contributed by atoms with E-state index in [0.717, 1.165) is 25.2 Å². The smallest absolute Gasteiger partial charge is 0.118 e. The van der Waals surface area contributed by atoms with Crippen molar-refractivity contribution in [1.82, 2.24) is 0 Å².